The zero-order valence-electron chi connectivity index (χ0n) is 11.4. The number of hydrogen-bond donors (Lipinski definition) is 0. The van der Waals surface area contributed by atoms with E-state index in [1.807, 2.05) is 13.8 Å². The van der Waals surface area contributed by atoms with Crippen molar-refractivity contribution in [2.45, 2.75) is 32.2 Å². The fourth-order valence-electron chi connectivity index (χ4n) is 2.20. The number of esters is 1. The second kappa shape index (κ2) is 5.64. The number of halogens is 1. The summed E-state index contributed by atoms with van der Waals surface area (Å²) >= 11 is 5.84. The van der Waals surface area contributed by atoms with Crippen LogP contribution < -0.4 is 0 Å². The van der Waals surface area contributed by atoms with Crippen molar-refractivity contribution >= 4 is 23.5 Å². The summed E-state index contributed by atoms with van der Waals surface area (Å²) in [6, 6.07) is 9.02. The molecule has 4 nitrogen and oxygen atoms in total. The molecule has 1 atom stereocenters. The second-order valence-electron chi connectivity index (χ2n) is 5.05. The predicted octanol–water partition coefficient (Wildman–Crippen LogP) is 3.34. The van der Waals surface area contributed by atoms with Crippen LogP contribution in [0.2, 0.25) is 5.02 Å². The van der Waals surface area contributed by atoms with Gasteiger partial charge in [-0.25, -0.2) is 9.79 Å². The first-order valence-corrected chi connectivity index (χ1v) is 6.82. The number of carbonyl (C=O) groups is 1. The van der Waals surface area contributed by atoms with E-state index in [0.29, 0.717) is 22.9 Å². The highest BCUT2D eigenvalue weighted by Crippen LogP contribution is 2.34. The highest BCUT2D eigenvalue weighted by molar-refractivity contribution is 6.30. The number of aliphatic imine (C=N–C) groups is 1. The first-order chi connectivity index (χ1) is 9.49. The van der Waals surface area contributed by atoms with E-state index in [-0.39, 0.29) is 18.3 Å². The number of carbonyl (C=O) groups excluding carboxylic acids is 1. The van der Waals surface area contributed by atoms with E-state index in [1.165, 1.54) is 0 Å². The molecule has 0 aromatic heterocycles. The smallest absolute Gasteiger partial charge is 0.341 e. The Morgan fingerprint density at radius 3 is 2.60 bits per heavy atom. The van der Waals surface area contributed by atoms with E-state index in [4.69, 9.17) is 21.6 Å². The van der Waals surface area contributed by atoms with E-state index in [9.17, 15) is 4.79 Å². The molecule has 0 radical (unpaired) electrons. The Labute approximate surface area is 123 Å². The molecule has 0 spiro atoms. The van der Waals surface area contributed by atoms with Crippen molar-refractivity contribution in [2.75, 3.05) is 0 Å². The predicted molar refractivity (Wildman–Crippen MR) is 76.5 cm³/mol. The minimum absolute atomic E-state index is 0.0341. The summed E-state index contributed by atoms with van der Waals surface area (Å²) < 4.78 is 5.32. The Hall–Kier alpha value is -1.86. The quantitative estimate of drug-likeness (QED) is 0.799. The van der Waals surface area contributed by atoms with Crippen molar-refractivity contribution in [3.8, 4) is 6.07 Å². The molecule has 0 amide bonds. The number of nitrogens with zero attached hydrogens (tertiary/aromatic N) is 2. The Kier molecular flexibility index (Phi) is 4.10. The molecule has 0 N–H and O–H groups in total. The molecule has 0 saturated carbocycles. The third kappa shape index (κ3) is 2.54. The van der Waals surface area contributed by atoms with Gasteiger partial charge < -0.3 is 4.74 Å². The molecular formula is C15H15ClN2O2. The highest BCUT2D eigenvalue weighted by atomic mass is 35.5. The third-order valence-electron chi connectivity index (χ3n) is 3.51. The van der Waals surface area contributed by atoms with Gasteiger partial charge in [0.2, 0.25) is 5.90 Å². The normalized spacial score (nSPS) is 21.6. The first kappa shape index (κ1) is 14.5. The highest BCUT2D eigenvalue weighted by Gasteiger charge is 2.48. The summed E-state index contributed by atoms with van der Waals surface area (Å²) in [7, 11) is 0. The molecule has 0 aliphatic carbocycles. The van der Waals surface area contributed by atoms with Gasteiger partial charge in [0.05, 0.1) is 6.07 Å². The van der Waals surface area contributed by atoms with Gasteiger partial charge in [-0.1, -0.05) is 25.4 Å². The molecule has 2 rings (SSSR count). The first-order valence-electron chi connectivity index (χ1n) is 6.44. The van der Waals surface area contributed by atoms with Crippen LogP contribution in [0.1, 0.15) is 32.3 Å². The van der Waals surface area contributed by atoms with Gasteiger partial charge in [-0.15, -0.1) is 0 Å². The lowest BCUT2D eigenvalue weighted by Crippen LogP contribution is -2.39. The number of nitriles is 1. The largest absolute Gasteiger partial charge is 0.405 e. The van der Waals surface area contributed by atoms with Gasteiger partial charge >= 0.3 is 5.97 Å². The van der Waals surface area contributed by atoms with Crippen molar-refractivity contribution < 1.29 is 9.53 Å². The van der Waals surface area contributed by atoms with Crippen LogP contribution in [0.3, 0.4) is 0 Å². The fraction of sp³-hybridized carbons (Fsp3) is 0.400. The fourth-order valence-corrected chi connectivity index (χ4v) is 2.33. The summed E-state index contributed by atoms with van der Waals surface area (Å²) in [4.78, 5) is 16.7. The molecule has 1 aliphatic rings. The number of rotatable bonds is 4. The molecule has 5 heteroatoms. The molecule has 1 unspecified atom stereocenters. The Morgan fingerprint density at radius 2 is 2.05 bits per heavy atom. The van der Waals surface area contributed by atoms with Crippen molar-refractivity contribution in [1.29, 1.82) is 5.26 Å². The molecule has 104 valence electrons. The van der Waals surface area contributed by atoms with Crippen LogP contribution in [0, 0.1) is 17.2 Å². The lowest BCUT2D eigenvalue weighted by Gasteiger charge is -2.24. The Morgan fingerprint density at radius 1 is 1.40 bits per heavy atom. The standard InChI is InChI=1S/C15H15ClN2O2/c1-10(2)15(8-3-9-17)14(19)20-13(18-15)11-4-6-12(16)7-5-11/h4-7,10H,3,8H2,1-2H3. The molecule has 1 aliphatic heterocycles. The zero-order chi connectivity index (χ0) is 14.8. The molecular weight excluding hydrogens is 276 g/mol. The minimum atomic E-state index is -0.954. The van der Waals surface area contributed by atoms with Crippen molar-refractivity contribution in [3.63, 3.8) is 0 Å². The Balaban J connectivity index is 2.37. The van der Waals surface area contributed by atoms with Crippen molar-refractivity contribution in [3.05, 3.63) is 34.9 Å². The molecule has 20 heavy (non-hydrogen) atoms. The maximum atomic E-state index is 12.2. The second-order valence-corrected chi connectivity index (χ2v) is 5.49. The monoisotopic (exact) mass is 290 g/mol. The summed E-state index contributed by atoms with van der Waals surface area (Å²) in [6.45, 7) is 3.82. The number of ether oxygens (including phenoxy) is 1. The third-order valence-corrected chi connectivity index (χ3v) is 3.76. The molecule has 1 aromatic carbocycles. The molecule has 0 saturated heterocycles. The molecule has 0 fully saturated rings. The summed E-state index contributed by atoms with van der Waals surface area (Å²) in [5, 5.41) is 9.37. The summed E-state index contributed by atoms with van der Waals surface area (Å²) in [5.74, 6) is -0.112. The van der Waals surface area contributed by atoms with E-state index >= 15 is 0 Å². The molecule has 1 heterocycles. The van der Waals surface area contributed by atoms with Crippen LogP contribution in [0.25, 0.3) is 0 Å². The SMILES string of the molecule is CC(C)C1(CCC#N)N=C(c2ccc(Cl)cc2)OC1=O. The van der Waals surface area contributed by atoms with Crippen LogP contribution in [0.15, 0.2) is 29.3 Å². The number of benzene rings is 1. The molecule has 0 bridgehead atoms. The summed E-state index contributed by atoms with van der Waals surface area (Å²) in [5.41, 5.74) is -0.243. The van der Waals surface area contributed by atoms with Crippen LogP contribution in [0.5, 0.6) is 0 Å². The van der Waals surface area contributed by atoms with Gasteiger partial charge in [0.15, 0.2) is 5.54 Å². The van der Waals surface area contributed by atoms with E-state index < -0.39 is 5.54 Å². The maximum Gasteiger partial charge on any atom is 0.341 e. The van der Waals surface area contributed by atoms with Gasteiger partial charge in [0.25, 0.3) is 0 Å². The van der Waals surface area contributed by atoms with Crippen LogP contribution in [-0.4, -0.2) is 17.4 Å². The van der Waals surface area contributed by atoms with E-state index in [0.717, 1.165) is 0 Å². The number of hydrogen-bond acceptors (Lipinski definition) is 4. The van der Waals surface area contributed by atoms with Gasteiger partial charge in [0.1, 0.15) is 0 Å². The maximum absolute atomic E-state index is 12.2. The van der Waals surface area contributed by atoms with Gasteiger partial charge in [-0.05, 0) is 36.6 Å². The van der Waals surface area contributed by atoms with Gasteiger partial charge in [-0.2, -0.15) is 5.26 Å². The topological polar surface area (TPSA) is 62.4 Å². The average molecular weight is 291 g/mol. The van der Waals surface area contributed by atoms with Gasteiger partial charge in [-0.3, -0.25) is 0 Å². The zero-order valence-corrected chi connectivity index (χ0v) is 12.1. The number of cyclic esters (lactones) is 1. The van der Waals surface area contributed by atoms with Crippen molar-refractivity contribution in [2.24, 2.45) is 10.9 Å². The van der Waals surface area contributed by atoms with Crippen LogP contribution in [-0.2, 0) is 9.53 Å². The minimum Gasteiger partial charge on any atom is -0.405 e. The van der Waals surface area contributed by atoms with Crippen LogP contribution >= 0.6 is 11.6 Å². The Bertz CT molecular complexity index is 587. The van der Waals surface area contributed by atoms with Gasteiger partial charge in [0, 0.05) is 17.0 Å². The van der Waals surface area contributed by atoms with Crippen molar-refractivity contribution in [1.82, 2.24) is 0 Å². The van der Waals surface area contributed by atoms with E-state index in [2.05, 4.69) is 11.1 Å². The van der Waals surface area contributed by atoms with E-state index in [1.54, 1.807) is 24.3 Å². The molecule has 1 aromatic rings. The van der Waals surface area contributed by atoms with Crippen LogP contribution in [0.4, 0.5) is 0 Å². The average Bonchev–Trinajstić information content (AvgIpc) is 2.75. The lowest BCUT2D eigenvalue weighted by molar-refractivity contribution is -0.140. The summed E-state index contributed by atoms with van der Waals surface area (Å²) in [6.07, 6.45) is 0.641. The lowest BCUT2D eigenvalue weighted by atomic mass is 9.83.